The quantitative estimate of drug-likeness (QED) is 0.0787. The Labute approximate surface area is 338 Å². The maximum Gasteiger partial charge on any atom is 0.303 e. The highest BCUT2D eigenvalue weighted by atomic mass is 16.4. The standard InChI is InChI=1S/C18H29N3O3.C13H26O.C9H9N3.C5H12O/c22-14-13-21(12-4-7-17(23)24)11-2-1-6-16-9-8-15-5-3-10-19-18(15)20-16;1-9(2)11(14)13(7,8)12(5,6)10(3)4;1-10-9-7-4-2-3-5-8(7)11-6-12-9;1-5(2)3-4-6/h8-9,22H,1-7,10-14H2,(H,19,20)(H,23,24);9-10H,1-8H3;2-6H,1H3,(H,10,11,12);5-6H,3-4H2,1-2H3. The number of aryl methyl sites for hydroxylation is 2. The molecule has 316 valence electrons. The molecule has 5 N–H and O–H groups in total. The molecule has 11 heteroatoms. The number of anilines is 2. The molecule has 0 amide bonds. The van der Waals surface area contributed by atoms with E-state index < -0.39 is 5.97 Å². The maximum atomic E-state index is 12.1. The molecular formula is C45H76N6O5. The SMILES string of the molecule is CC(C)C(=O)C(C)(C)C(C)(C)C(C)C.CC(C)CCO.CNc1ncnc2ccccc12.O=C(O)CCCN(CCO)CCCCc1ccc2c(n1)NCCC2. The molecule has 1 aliphatic heterocycles. The van der Waals surface area contributed by atoms with Crippen molar-refractivity contribution in [2.24, 2.45) is 28.6 Å². The number of carboxylic acids is 1. The summed E-state index contributed by atoms with van der Waals surface area (Å²) in [7, 11) is 1.86. The van der Waals surface area contributed by atoms with Gasteiger partial charge in [0, 0.05) is 55.6 Å². The van der Waals surface area contributed by atoms with Crippen LogP contribution < -0.4 is 10.6 Å². The molecule has 0 radical (unpaired) electrons. The summed E-state index contributed by atoms with van der Waals surface area (Å²) in [6, 6.07) is 12.2. The average Bonchev–Trinajstić information content (AvgIpc) is 3.16. The Morgan fingerprint density at radius 2 is 1.57 bits per heavy atom. The van der Waals surface area contributed by atoms with Gasteiger partial charge in [0.15, 0.2) is 0 Å². The first-order valence-electron chi connectivity index (χ1n) is 20.7. The molecule has 1 aromatic carbocycles. The van der Waals surface area contributed by atoms with Gasteiger partial charge in [0.2, 0.25) is 0 Å². The first kappa shape index (κ1) is 50.3. The van der Waals surface area contributed by atoms with Crippen molar-refractivity contribution in [1.29, 1.82) is 0 Å². The van der Waals surface area contributed by atoms with Crippen LogP contribution in [0.4, 0.5) is 11.6 Å². The summed E-state index contributed by atoms with van der Waals surface area (Å²) in [5.41, 5.74) is 3.22. The van der Waals surface area contributed by atoms with E-state index in [0.29, 0.717) is 37.2 Å². The molecule has 0 saturated heterocycles. The van der Waals surface area contributed by atoms with E-state index in [4.69, 9.17) is 20.3 Å². The lowest BCUT2D eigenvalue weighted by atomic mass is 9.59. The van der Waals surface area contributed by atoms with Crippen molar-refractivity contribution in [3.63, 3.8) is 0 Å². The Kier molecular flexibility index (Phi) is 23.6. The largest absolute Gasteiger partial charge is 0.481 e. The number of ketones is 1. The number of Topliss-reactive ketones (excluding diaryl/α,β-unsaturated/α-hetero) is 1. The second-order valence-electron chi connectivity index (χ2n) is 16.8. The second kappa shape index (κ2) is 26.3. The number of fused-ring (bicyclic) bond motifs is 2. The molecule has 4 rings (SSSR count). The predicted molar refractivity (Wildman–Crippen MR) is 232 cm³/mol. The molecule has 56 heavy (non-hydrogen) atoms. The van der Waals surface area contributed by atoms with E-state index in [2.05, 4.69) is 93.0 Å². The number of aliphatic hydroxyl groups excluding tert-OH is 2. The van der Waals surface area contributed by atoms with Gasteiger partial charge in [-0.2, -0.15) is 0 Å². The van der Waals surface area contributed by atoms with Gasteiger partial charge in [-0.3, -0.25) is 9.59 Å². The summed E-state index contributed by atoms with van der Waals surface area (Å²) in [6.07, 6.45) is 8.64. The minimum absolute atomic E-state index is 0.0500. The smallest absolute Gasteiger partial charge is 0.303 e. The van der Waals surface area contributed by atoms with Gasteiger partial charge in [-0.05, 0) is 99.0 Å². The fraction of sp³-hybridized carbons (Fsp3) is 0.667. The normalized spacial score (nSPS) is 12.5. The first-order chi connectivity index (χ1) is 26.4. The van der Waals surface area contributed by atoms with Crippen LogP contribution in [0.1, 0.15) is 119 Å². The molecule has 0 saturated carbocycles. The molecular weight excluding hydrogens is 705 g/mol. The van der Waals surface area contributed by atoms with E-state index in [-0.39, 0.29) is 29.8 Å². The van der Waals surface area contributed by atoms with Crippen LogP contribution in [-0.4, -0.2) is 93.4 Å². The molecule has 0 atom stereocenters. The molecule has 0 unspecified atom stereocenters. The number of nitrogens with one attached hydrogen (secondary N) is 2. The number of hydrogen-bond acceptors (Lipinski definition) is 10. The maximum absolute atomic E-state index is 12.1. The molecule has 0 fully saturated rings. The van der Waals surface area contributed by atoms with Crippen molar-refractivity contribution >= 4 is 34.3 Å². The number of carboxylic acid groups (broad SMARTS) is 1. The Morgan fingerprint density at radius 1 is 0.893 bits per heavy atom. The Morgan fingerprint density at radius 3 is 2.14 bits per heavy atom. The fourth-order valence-electron chi connectivity index (χ4n) is 6.30. The molecule has 11 nitrogen and oxygen atoms in total. The van der Waals surface area contributed by atoms with Gasteiger partial charge in [0.1, 0.15) is 23.7 Å². The number of pyridine rings is 1. The van der Waals surface area contributed by atoms with E-state index in [9.17, 15) is 9.59 Å². The third-order valence-electron chi connectivity index (χ3n) is 11.1. The van der Waals surface area contributed by atoms with Crippen molar-refractivity contribution in [1.82, 2.24) is 19.9 Å². The highest BCUT2D eigenvalue weighted by molar-refractivity contribution is 5.88. The van der Waals surface area contributed by atoms with Crippen LogP contribution in [-0.2, 0) is 22.4 Å². The topological polar surface area (TPSA) is 161 Å². The van der Waals surface area contributed by atoms with Crippen molar-refractivity contribution < 1.29 is 24.9 Å². The molecule has 0 aliphatic carbocycles. The van der Waals surface area contributed by atoms with Crippen LogP contribution in [0.3, 0.4) is 0 Å². The third kappa shape index (κ3) is 17.6. The van der Waals surface area contributed by atoms with Gasteiger partial charge >= 0.3 is 5.97 Å². The van der Waals surface area contributed by atoms with Crippen molar-refractivity contribution in [2.45, 2.75) is 121 Å². The minimum Gasteiger partial charge on any atom is -0.481 e. The molecule has 0 bridgehead atoms. The number of aromatic nitrogens is 3. The van der Waals surface area contributed by atoms with Gasteiger partial charge in [0.25, 0.3) is 0 Å². The molecule has 3 aromatic rings. The van der Waals surface area contributed by atoms with Crippen LogP contribution in [0.5, 0.6) is 0 Å². The number of nitrogens with zero attached hydrogens (tertiary/aromatic N) is 4. The minimum atomic E-state index is -0.758. The Bertz CT molecular complexity index is 1550. The number of aliphatic hydroxyl groups is 2. The van der Waals surface area contributed by atoms with Gasteiger partial charge in [-0.15, -0.1) is 0 Å². The number of rotatable bonds is 18. The highest BCUT2D eigenvalue weighted by Crippen LogP contribution is 2.46. The number of carbonyl (C=O) groups is 2. The highest BCUT2D eigenvalue weighted by Gasteiger charge is 2.45. The fourth-order valence-corrected chi connectivity index (χ4v) is 6.30. The van der Waals surface area contributed by atoms with E-state index >= 15 is 0 Å². The van der Waals surface area contributed by atoms with Gasteiger partial charge in [-0.1, -0.05) is 87.4 Å². The van der Waals surface area contributed by atoms with Gasteiger partial charge in [0.05, 0.1) is 12.1 Å². The lowest BCUT2D eigenvalue weighted by molar-refractivity contribution is -0.138. The van der Waals surface area contributed by atoms with Gasteiger partial charge < -0.3 is 30.9 Å². The van der Waals surface area contributed by atoms with Crippen molar-refractivity contribution in [3.8, 4) is 0 Å². The zero-order valence-electron chi connectivity index (χ0n) is 36.6. The molecule has 2 aromatic heterocycles. The van der Waals surface area contributed by atoms with Crippen molar-refractivity contribution in [3.05, 3.63) is 54.0 Å². The molecule has 3 heterocycles. The number of benzene rings is 1. The first-order valence-corrected chi connectivity index (χ1v) is 20.7. The van der Waals surface area contributed by atoms with Crippen LogP contribution in [0.15, 0.2) is 42.7 Å². The Hall–Kier alpha value is -3.67. The lowest BCUT2D eigenvalue weighted by Crippen LogP contribution is -2.44. The Balaban J connectivity index is 0.000000416. The lowest BCUT2D eigenvalue weighted by Gasteiger charge is -2.44. The van der Waals surface area contributed by atoms with E-state index in [1.165, 1.54) is 12.0 Å². The van der Waals surface area contributed by atoms with E-state index in [1.807, 2.05) is 45.2 Å². The van der Waals surface area contributed by atoms with Gasteiger partial charge in [-0.25, -0.2) is 15.0 Å². The summed E-state index contributed by atoms with van der Waals surface area (Å²) in [5, 5.41) is 33.5. The summed E-state index contributed by atoms with van der Waals surface area (Å²) in [6.45, 7) is 24.8. The number of aliphatic carboxylic acids is 1. The number of unbranched alkanes of at least 4 members (excludes halogenated alkanes) is 1. The zero-order valence-corrected chi connectivity index (χ0v) is 36.6. The average molecular weight is 781 g/mol. The number of hydrogen-bond donors (Lipinski definition) is 5. The summed E-state index contributed by atoms with van der Waals surface area (Å²) < 4.78 is 0. The summed E-state index contributed by atoms with van der Waals surface area (Å²) >= 11 is 0. The molecule has 1 aliphatic rings. The monoisotopic (exact) mass is 781 g/mol. The third-order valence-corrected chi connectivity index (χ3v) is 11.1. The van der Waals surface area contributed by atoms with Crippen LogP contribution in [0.2, 0.25) is 0 Å². The van der Waals surface area contributed by atoms with Crippen LogP contribution in [0, 0.1) is 28.6 Å². The van der Waals surface area contributed by atoms with Crippen LogP contribution in [0.25, 0.3) is 10.9 Å². The molecule has 0 spiro atoms. The van der Waals surface area contributed by atoms with E-state index in [0.717, 1.165) is 80.0 Å². The van der Waals surface area contributed by atoms with Crippen molar-refractivity contribution in [2.75, 3.05) is 57.1 Å². The van der Waals surface area contributed by atoms with Crippen LogP contribution >= 0.6 is 0 Å². The zero-order chi connectivity index (χ0) is 42.3. The second-order valence-corrected chi connectivity index (χ2v) is 16.8. The summed E-state index contributed by atoms with van der Waals surface area (Å²) in [4.78, 5) is 37.8. The predicted octanol–water partition coefficient (Wildman–Crippen LogP) is 8.54. The number of para-hydroxylation sites is 1. The van der Waals surface area contributed by atoms with E-state index in [1.54, 1.807) is 6.33 Å². The number of carbonyl (C=O) groups excluding carboxylic acids is 1. The summed E-state index contributed by atoms with van der Waals surface area (Å²) in [5.74, 6) is 2.83.